The molecule has 2 aromatic rings. The van der Waals surface area contributed by atoms with Crippen molar-refractivity contribution in [1.29, 1.82) is 0 Å². The molecule has 0 bridgehead atoms. The van der Waals surface area contributed by atoms with E-state index in [0.717, 1.165) is 17.2 Å². The van der Waals surface area contributed by atoms with Gasteiger partial charge >= 0.3 is 0 Å². The number of hydrogen-bond donors (Lipinski definition) is 1. The number of rotatable bonds is 1. The summed E-state index contributed by atoms with van der Waals surface area (Å²) in [5, 5.41) is 0.957. The van der Waals surface area contributed by atoms with Gasteiger partial charge in [0.1, 0.15) is 0 Å². The minimum atomic E-state index is 0.703. The highest BCUT2D eigenvalue weighted by atomic mass is 16.1. The van der Waals surface area contributed by atoms with E-state index in [-0.39, 0.29) is 0 Å². The molecule has 1 aromatic heterocycles. The molecule has 0 atom stereocenters. The van der Waals surface area contributed by atoms with Crippen LogP contribution >= 0.6 is 0 Å². The van der Waals surface area contributed by atoms with Crippen LogP contribution in [0.3, 0.4) is 0 Å². The summed E-state index contributed by atoms with van der Waals surface area (Å²) < 4.78 is 0. The largest absolute Gasteiger partial charge is 0.360 e. The number of carbonyl (C=O) groups excluding carboxylic acids is 1. The van der Waals surface area contributed by atoms with Crippen LogP contribution in [0.25, 0.3) is 10.9 Å². The number of hydrogen-bond acceptors (Lipinski definition) is 1. The lowest BCUT2D eigenvalue weighted by Crippen LogP contribution is -1.72. The molecule has 0 aliphatic carbocycles. The fourth-order valence-electron chi connectivity index (χ4n) is 1.13. The number of aromatic amines is 1. The summed E-state index contributed by atoms with van der Waals surface area (Å²) in [6.45, 7) is 0. The average molecular weight is 144 g/mol. The Morgan fingerprint density at radius 2 is 2.45 bits per heavy atom. The molecule has 0 unspecified atom stereocenters. The molecule has 1 radical (unpaired) electrons. The lowest BCUT2D eigenvalue weighted by Gasteiger charge is -1.85. The number of benzene rings is 1. The van der Waals surface area contributed by atoms with E-state index in [1.54, 1.807) is 12.3 Å². The van der Waals surface area contributed by atoms with E-state index < -0.39 is 0 Å². The van der Waals surface area contributed by atoms with Crippen LogP contribution in [0.4, 0.5) is 0 Å². The van der Waals surface area contributed by atoms with Crippen molar-refractivity contribution in [1.82, 2.24) is 4.98 Å². The molecule has 2 rings (SSSR count). The third kappa shape index (κ3) is 0.835. The van der Waals surface area contributed by atoms with Crippen LogP contribution in [0, 0.1) is 6.07 Å². The van der Waals surface area contributed by atoms with E-state index in [1.165, 1.54) is 0 Å². The quantitative estimate of drug-likeness (QED) is 0.608. The molecule has 0 saturated heterocycles. The number of aromatic nitrogens is 1. The van der Waals surface area contributed by atoms with Crippen molar-refractivity contribution in [2.45, 2.75) is 0 Å². The van der Waals surface area contributed by atoms with Crippen molar-refractivity contribution in [3.05, 3.63) is 36.0 Å². The lowest BCUT2D eigenvalue weighted by atomic mass is 10.2. The fraction of sp³-hybridized carbons (Fsp3) is 0. The number of nitrogens with one attached hydrogen (secondary N) is 1. The minimum Gasteiger partial charge on any atom is -0.360 e. The summed E-state index contributed by atoms with van der Waals surface area (Å²) >= 11 is 0. The summed E-state index contributed by atoms with van der Waals surface area (Å²) in [5.41, 5.74) is 1.66. The SMILES string of the molecule is O=Cc1c[nH]c2c[c]ccc12. The Morgan fingerprint density at radius 1 is 1.55 bits per heavy atom. The summed E-state index contributed by atoms with van der Waals surface area (Å²) in [4.78, 5) is 13.4. The second kappa shape index (κ2) is 2.23. The lowest BCUT2D eigenvalue weighted by molar-refractivity contribution is 0.112. The standard InChI is InChI=1S/C9H6NO/c11-6-7-5-10-9-4-2-1-3-8(7)9/h1,3-6,10H. The first kappa shape index (κ1) is 6.16. The van der Waals surface area contributed by atoms with E-state index in [2.05, 4.69) is 11.1 Å². The van der Waals surface area contributed by atoms with Gasteiger partial charge in [-0.25, -0.2) is 0 Å². The predicted molar refractivity (Wildman–Crippen MR) is 42.5 cm³/mol. The third-order valence-electron chi connectivity index (χ3n) is 1.69. The summed E-state index contributed by atoms with van der Waals surface area (Å²) in [6, 6.07) is 8.41. The number of carbonyl (C=O) groups is 1. The van der Waals surface area contributed by atoms with Crippen molar-refractivity contribution in [2.75, 3.05) is 0 Å². The van der Waals surface area contributed by atoms with Gasteiger partial charge in [-0.3, -0.25) is 4.79 Å². The first-order chi connectivity index (χ1) is 5.42. The first-order valence-corrected chi connectivity index (χ1v) is 3.34. The van der Waals surface area contributed by atoms with Gasteiger partial charge < -0.3 is 4.98 Å². The molecule has 1 N–H and O–H groups in total. The predicted octanol–water partition coefficient (Wildman–Crippen LogP) is 1.78. The molecule has 0 fully saturated rings. The molecule has 0 aliphatic rings. The van der Waals surface area contributed by atoms with E-state index in [0.29, 0.717) is 5.56 Å². The maximum absolute atomic E-state index is 10.5. The first-order valence-electron chi connectivity index (χ1n) is 3.34. The number of H-pyrrole nitrogens is 1. The molecule has 0 saturated carbocycles. The second-order valence-electron chi connectivity index (χ2n) is 2.33. The number of fused-ring (bicyclic) bond motifs is 1. The Labute approximate surface area is 63.8 Å². The second-order valence-corrected chi connectivity index (χ2v) is 2.33. The highest BCUT2D eigenvalue weighted by molar-refractivity contribution is 5.96. The van der Waals surface area contributed by atoms with Crippen molar-refractivity contribution in [3.63, 3.8) is 0 Å². The van der Waals surface area contributed by atoms with E-state index in [9.17, 15) is 4.79 Å². The van der Waals surface area contributed by atoms with Gasteiger partial charge in [0, 0.05) is 22.7 Å². The number of aldehydes is 1. The molecule has 1 aromatic carbocycles. The Balaban J connectivity index is 2.86. The smallest absolute Gasteiger partial charge is 0.152 e. The molecule has 0 amide bonds. The Kier molecular flexibility index (Phi) is 1.25. The van der Waals surface area contributed by atoms with Crippen LogP contribution in [0.15, 0.2) is 24.4 Å². The van der Waals surface area contributed by atoms with Gasteiger partial charge in [0.15, 0.2) is 6.29 Å². The van der Waals surface area contributed by atoms with Crippen LogP contribution < -0.4 is 0 Å². The summed E-state index contributed by atoms with van der Waals surface area (Å²) in [5.74, 6) is 0. The van der Waals surface area contributed by atoms with Gasteiger partial charge in [-0.05, 0) is 12.1 Å². The molecule has 11 heavy (non-hydrogen) atoms. The highest BCUT2D eigenvalue weighted by Crippen LogP contribution is 2.14. The van der Waals surface area contributed by atoms with Crippen LogP contribution in [-0.2, 0) is 0 Å². The van der Waals surface area contributed by atoms with Crippen LogP contribution in [0.5, 0.6) is 0 Å². The normalized spacial score (nSPS) is 10.2. The van der Waals surface area contributed by atoms with Crippen molar-refractivity contribution in [3.8, 4) is 0 Å². The molecule has 0 spiro atoms. The van der Waals surface area contributed by atoms with Gasteiger partial charge in [0.25, 0.3) is 0 Å². The average Bonchev–Trinajstić information content (AvgIpc) is 2.47. The minimum absolute atomic E-state index is 0.703. The topological polar surface area (TPSA) is 32.9 Å². The molecular weight excluding hydrogens is 138 g/mol. The van der Waals surface area contributed by atoms with Gasteiger partial charge in [-0.15, -0.1) is 0 Å². The Hall–Kier alpha value is -1.57. The zero-order valence-corrected chi connectivity index (χ0v) is 5.79. The Bertz CT molecular complexity index is 389. The zero-order chi connectivity index (χ0) is 7.68. The van der Waals surface area contributed by atoms with Gasteiger partial charge in [0.2, 0.25) is 0 Å². The van der Waals surface area contributed by atoms with Gasteiger partial charge in [0.05, 0.1) is 0 Å². The molecule has 1 heterocycles. The Morgan fingerprint density at radius 3 is 3.27 bits per heavy atom. The highest BCUT2D eigenvalue weighted by Gasteiger charge is 1.98. The monoisotopic (exact) mass is 144 g/mol. The van der Waals surface area contributed by atoms with Crippen LogP contribution in [0.1, 0.15) is 10.4 Å². The van der Waals surface area contributed by atoms with Crippen molar-refractivity contribution >= 4 is 17.2 Å². The van der Waals surface area contributed by atoms with Gasteiger partial charge in [-0.2, -0.15) is 0 Å². The van der Waals surface area contributed by atoms with Crippen molar-refractivity contribution in [2.24, 2.45) is 0 Å². The van der Waals surface area contributed by atoms with Crippen molar-refractivity contribution < 1.29 is 4.79 Å². The zero-order valence-electron chi connectivity index (χ0n) is 5.79. The molecule has 53 valence electrons. The summed E-state index contributed by atoms with van der Waals surface area (Å²) in [7, 11) is 0. The maximum Gasteiger partial charge on any atom is 0.152 e. The van der Waals surface area contributed by atoms with E-state index in [4.69, 9.17) is 0 Å². The van der Waals surface area contributed by atoms with Crippen LogP contribution in [-0.4, -0.2) is 11.3 Å². The van der Waals surface area contributed by atoms with Crippen LogP contribution in [0.2, 0.25) is 0 Å². The van der Waals surface area contributed by atoms with Gasteiger partial charge in [-0.1, -0.05) is 12.1 Å². The third-order valence-corrected chi connectivity index (χ3v) is 1.69. The maximum atomic E-state index is 10.5. The summed E-state index contributed by atoms with van der Waals surface area (Å²) in [6.07, 6.45) is 2.55. The fourth-order valence-corrected chi connectivity index (χ4v) is 1.13. The van der Waals surface area contributed by atoms with E-state index >= 15 is 0 Å². The molecular formula is C9H6NO. The molecule has 0 aliphatic heterocycles. The molecule has 2 heteroatoms. The van der Waals surface area contributed by atoms with E-state index in [1.807, 2.05) is 12.1 Å². The molecule has 2 nitrogen and oxygen atoms in total.